The average Bonchev–Trinajstić information content (AvgIpc) is 3.72. The maximum absolute atomic E-state index is 13.9. The number of benzene rings is 1. The molecule has 2 heterocycles. The summed E-state index contributed by atoms with van der Waals surface area (Å²) in [5.74, 6) is -2.00. The first-order valence-corrected chi connectivity index (χ1v) is 18.9. The van der Waals surface area contributed by atoms with Crippen molar-refractivity contribution in [1.29, 1.82) is 0 Å². The SMILES string of the molecule is Cc1ncsc1-c1ccc(CCC(=O)[C@@H]2C[C@@H](O)CN2C(=O)[C@@H](CC(=O)CCOCCOCCOCCOCCOCCC(=O)O)C(C)(C)C)cc1. The predicted molar refractivity (Wildman–Crippen MR) is 195 cm³/mol. The van der Waals surface area contributed by atoms with Gasteiger partial charge in [0.25, 0.3) is 0 Å². The van der Waals surface area contributed by atoms with Crippen molar-refractivity contribution in [3.63, 3.8) is 0 Å². The van der Waals surface area contributed by atoms with E-state index in [4.69, 9.17) is 28.8 Å². The first-order chi connectivity index (χ1) is 24.9. The van der Waals surface area contributed by atoms with Gasteiger partial charge in [-0.1, -0.05) is 45.0 Å². The molecule has 52 heavy (non-hydrogen) atoms. The van der Waals surface area contributed by atoms with E-state index < -0.39 is 29.4 Å². The molecule has 3 atom stereocenters. The number of ether oxygens (including phenoxy) is 5. The lowest BCUT2D eigenvalue weighted by Crippen LogP contribution is -2.47. The molecule has 0 aliphatic carbocycles. The van der Waals surface area contributed by atoms with Crippen LogP contribution in [0.2, 0.25) is 0 Å². The molecule has 3 rings (SSSR count). The van der Waals surface area contributed by atoms with Crippen molar-refractivity contribution in [2.45, 2.75) is 78.4 Å². The summed E-state index contributed by atoms with van der Waals surface area (Å²) in [5, 5.41) is 19.0. The molecule has 14 heteroatoms. The van der Waals surface area contributed by atoms with Gasteiger partial charge in [-0.05, 0) is 29.9 Å². The van der Waals surface area contributed by atoms with E-state index in [-0.39, 0.29) is 69.3 Å². The molecule has 1 aliphatic rings. The number of β-amino-alcohol motifs (C(OH)–C–C–N with tert-alkyl or cyclic N) is 1. The van der Waals surface area contributed by atoms with Crippen LogP contribution in [-0.4, -0.2) is 128 Å². The van der Waals surface area contributed by atoms with E-state index in [0.717, 1.165) is 21.7 Å². The second-order valence-corrected chi connectivity index (χ2v) is 14.8. The zero-order chi connectivity index (χ0) is 37.9. The first-order valence-electron chi connectivity index (χ1n) is 18.0. The van der Waals surface area contributed by atoms with Gasteiger partial charge in [0.15, 0.2) is 5.78 Å². The van der Waals surface area contributed by atoms with Gasteiger partial charge in [0.2, 0.25) is 5.91 Å². The molecule has 1 aromatic carbocycles. The number of thiazole rings is 1. The highest BCUT2D eigenvalue weighted by atomic mass is 32.1. The van der Waals surface area contributed by atoms with E-state index in [1.807, 2.05) is 57.5 Å². The van der Waals surface area contributed by atoms with E-state index in [0.29, 0.717) is 59.3 Å². The molecule has 1 saturated heterocycles. The van der Waals surface area contributed by atoms with Gasteiger partial charge in [-0.15, -0.1) is 11.3 Å². The second kappa shape index (κ2) is 22.8. The minimum Gasteiger partial charge on any atom is -0.481 e. The van der Waals surface area contributed by atoms with Crippen LogP contribution in [0, 0.1) is 18.3 Å². The molecule has 0 spiro atoms. The number of aliphatic hydroxyl groups is 1. The quantitative estimate of drug-likeness (QED) is 0.132. The molecule has 0 radical (unpaired) electrons. The Hall–Kier alpha value is -3.11. The molecule has 0 saturated carbocycles. The van der Waals surface area contributed by atoms with Crippen LogP contribution in [0.4, 0.5) is 0 Å². The zero-order valence-corrected chi connectivity index (χ0v) is 31.8. The minimum atomic E-state index is -0.896. The third kappa shape index (κ3) is 15.5. The number of nitrogens with zero attached hydrogens (tertiary/aromatic N) is 2. The van der Waals surface area contributed by atoms with Crippen LogP contribution in [0.1, 0.15) is 64.1 Å². The Bertz CT molecular complexity index is 1390. The van der Waals surface area contributed by atoms with Crippen molar-refractivity contribution in [3.8, 4) is 10.4 Å². The monoisotopic (exact) mass is 748 g/mol. The molecule has 1 amide bonds. The fraction of sp³-hybridized carbons (Fsp3) is 0.658. The normalized spacial score (nSPS) is 16.7. The molecule has 13 nitrogen and oxygen atoms in total. The van der Waals surface area contributed by atoms with Crippen molar-refractivity contribution in [2.24, 2.45) is 11.3 Å². The Kier molecular flexibility index (Phi) is 19.0. The number of carboxylic acid groups (broad SMARTS) is 1. The van der Waals surface area contributed by atoms with Gasteiger partial charge in [0.1, 0.15) is 5.78 Å². The maximum Gasteiger partial charge on any atom is 0.305 e. The van der Waals surface area contributed by atoms with Crippen LogP contribution >= 0.6 is 11.3 Å². The number of likely N-dealkylation sites (tertiary alicyclic amines) is 1. The molecule has 1 aromatic heterocycles. The number of carbonyl (C=O) groups is 4. The van der Waals surface area contributed by atoms with Crippen LogP contribution in [0.25, 0.3) is 10.4 Å². The van der Waals surface area contributed by atoms with Crippen molar-refractivity contribution in [3.05, 3.63) is 41.0 Å². The van der Waals surface area contributed by atoms with Crippen LogP contribution in [-0.2, 0) is 49.3 Å². The number of amides is 1. The third-order valence-corrected chi connectivity index (χ3v) is 9.78. The Morgan fingerprint density at radius 3 is 1.88 bits per heavy atom. The largest absolute Gasteiger partial charge is 0.481 e. The fourth-order valence-electron chi connectivity index (χ4n) is 5.82. The molecule has 1 fully saturated rings. The maximum atomic E-state index is 13.9. The molecule has 2 aromatic rings. The Balaban J connectivity index is 1.32. The van der Waals surface area contributed by atoms with Crippen LogP contribution in [0.15, 0.2) is 29.8 Å². The average molecular weight is 749 g/mol. The summed E-state index contributed by atoms with van der Waals surface area (Å²) in [4.78, 5) is 57.7. The number of aliphatic carboxylic acids is 1. The molecular weight excluding hydrogens is 692 g/mol. The van der Waals surface area contributed by atoms with Crippen LogP contribution in [0.3, 0.4) is 0 Å². The molecular formula is C38H56N2O11S. The van der Waals surface area contributed by atoms with E-state index in [1.54, 1.807) is 11.3 Å². The summed E-state index contributed by atoms with van der Waals surface area (Å²) in [6.45, 7) is 11.1. The first kappa shape index (κ1) is 43.3. The highest BCUT2D eigenvalue weighted by Gasteiger charge is 2.44. The predicted octanol–water partition coefficient (Wildman–Crippen LogP) is 4.15. The van der Waals surface area contributed by atoms with Gasteiger partial charge in [-0.2, -0.15) is 0 Å². The van der Waals surface area contributed by atoms with Crippen molar-refractivity contribution >= 4 is 34.8 Å². The summed E-state index contributed by atoms with van der Waals surface area (Å²) in [6, 6.07) is 7.38. The van der Waals surface area contributed by atoms with Crippen LogP contribution < -0.4 is 0 Å². The number of hydrogen-bond donors (Lipinski definition) is 2. The molecule has 0 bridgehead atoms. The number of carbonyl (C=O) groups excluding carboxylic acids is 3. The zero-order valence-electron chi connectivity index (χ0n) is 31.0. The van der Waals surface area contributed by atoms with E-state index in [2.05, 4.69) is 4.98 Å². The lowest BCUT2D eigenvalue weighted by molar-refractivity contribution is -0.146. The summed E-state index contributed by atoms with van der Waals surface area (Å²) in [5.41, 5.74) is 4.38. The summed E-state index contributed by atoms with van der Waals surface area (Å²) in [6.07, 6.45) is 0.337. The second-order valence-electron chi connectivity index (χ2n) is 13.9. The Labute approximate surface area is 310 Å². The number of aromatic nitrogens is 1. The van der Waals surface area contributed by atoms with E-state index >= 15 is 0 Å². The lowest BCUT2D eigenvalue weighted by Gasteiger charge is -2.34. The van der Waals surface area contributed by atoms with Gasteiger partial charge in [0, 0.05) is 38.1 Å². The number of Topliss-reactive ketones (excluding diaryl/α,β-unsaturated/α-hetero) is 2. The van der Waals surface area contributed by atoms with Crippen molar-refractivity contribution in [2.75, 3.05) is 72.6 Å². The summed E-state index contributed by atoms with van der Waals surface area (Å²) < 4.78 is 27.0. The highest BCUT2D eigenvalue weighted by Crippen LogP contribution is 2.34. The van der Waals surface area contributed by atoms with Gasteiger partial charge in [-0.25, -0.2) is 4.98 Å². The van der Waals surface area contributed by atoms with Gasteiger partial charge >= 0.3 is 5.97 Å². The number of carboxylic acids is 1. The Morgan fingerprint density at radius 2 is 1.38 bits per heavy atom. The standard InChI is InChI=1S/C38H56N2O11S/c1-27-36(52-26-39-27)29-8-5-28(6-9-29)7-10-34(43)33-24-31(42)25-40(33)37(46)32(38(2,3)4)23-30(41)11-13-47-15-17-49-19-21-51-22-20-50-18-16-48-14-12-35(44)45/h5-6,8-9,26,31-33,42H,7,10-25H2,1-4H3,(H,44,45)/t31-,32-,33+/m1/s1. The Morgan fingerprint density at radius 1 is 0.846 bits per heavy atom. The summed E-state index contributed by atoms with van der Waals surface area (Å²) >= 11 is 1.59. The topological polar surface area (TPSA) is 171 Å². The van der Waals surface area contributed by atoms with Gasteiger partial charge in [0.05, 0.1) is 101 Å². The smallest absolute Gasteiger partial charge is 0.305 e. The third-order valence-electron chi connectivity index (χ3n) is 8.80. The lowest BCUT2D eigenvalue weighted by atomic mass is 9.76. The van der Waals surface area contributed by atoms with Gasteiger partial charge in [-0.3, -0.25) is 19.2 Å². The fourth-order valence-corrected chi connectivity index (χ4v) is 6.63. The summed E-state index contributed by atoms with van der Waals surface area (Å²) in [7, 11) is 0. The van der Waals surface area contributed by atoms with Crippen LogP contribution in [0.5, 0.6) is 0 Å². The molecule has 290 valence electrons. The van der Waals surface area contributed by atoms with Gasteiger partial charge < -0.3 is 38.8 Å². The minimum absolute atomic E-state index is 0.0279. The highest BCUT2D eigenvalue weighted by molar-refractivity contribution is 7.13. The number of aliphatic hydroxyl groups excluding tert-OH is 1. The number of ketones is 2. The molecule has 0 unspecified atom stereocenters. The number of rotatable bonds is 26. The molecule has 2 N–H and O–H groups in total. The van der Waals surface area contributed by atoms with E-state index in [1.165, 1.54) is 4.90 Å². The van der Waals surface area contributed by atoms with E-state index in [9.17, 15) is 24.3 Å². The van der Waals surface area contributed by atoms with Crippen molar-refractivity contribution < 1.29 is 53.1 Å². The number of aryl methyl sites for hydroxylation is 2. The van der Waals surface area contributed by atoms with Crippen molar-refractivity contribution in [1.82, 2.24) is 9.88 Å². The molecule has 1 aliphatic heterocycles. The number of hydrogen-bond acceptors (Lipinski definition) is 12.